The van der Waals surface area contributed by atoms with Gasteiger partial charge in [0.15, 0.2) is 11.5 Å². The van der Waals surface area contributed by atoms with Crippen LogP contribution in [0.4, 0.5) is 17.5 Å². The number of hydrogen-bond acceptors (Lipinski definition) is 9. The fraction of sp³-hybridized carbons (Fsp3) is 0.280. The molecule has 1 fully saturated rings. The lowest BCUT2D eigenvalue weighted by Gasteiger charge is -2.31. The molecule has 1 aliphatic rings. The van der Waals surface area contributed by atoms with Crippen molar-refractivity contribution in [3.63, 3.8) is 0 Å². The Bertz CT molecular complexity index is 1520. The molecule has 0 radical (unpaired) electrons. The van der Waals surface area contributed by atoms with Crippen molar-refractivity contribution in [1.82, 2.24) is 39.9 Å². The molecule has 0 bridgehead atoms. The molecule has 0 aliphatic carbocycles. The Kier molecular flexibility index (Phi) is 6.62. The molecular weight excluding hydrogens is 476 g/mol. The first-order valence-electron chi connectivity index (χ1n) is 11.7. The number of nitrogens with zero attached hydrogens (tertiary/aromatic N) is 8. The molecule has 0 amide bonds. The molecule has 1 aliphatic heterocycles. The van der Waals surface area contributed by atoms with Crippen LogP contribution in [0.3, 0.4) is 0 Å². The minimum Gasteiger partial charge on any atom is -0.338 e. The summed E-state index contributed by atoms with van der Waals surface area (Å²) in [4.78, 5) is 24.7. The van der Waals surface area contributed by atoms with Crippen LogP contribution in [0.5, 0.6) is 0 Å². The Morgan fingerprint density at radius 1 is 1.08 bits per heavy atom. The topological polar surface area (TPSA) is 109 Å². The third-order valence-corrected chi connectivity index (χ3v) is 6.36. The average molecular weight is 503 g/mol. The number of halogens is 1. The summed E-state index contributed by atoms with van der Waals surface area (Å²) >= 11 is 0. The van der Waals surface area contributed by atoms with Crippen LogP contribution in [0.1, 0.15) is 23.6 Å². The summed E-state index contributed by atoms with van der Waals surface area (Å²) in [6.07, 6.45) is 7.66. The SMILES string of the molecule is Cc1cc(Nc2ncnc3cnc(N4CCNC(C)C4)nc23)ccc1Cc1ccn2ncnc2c1.Cl. The molecule has 1 aromatic carbocycles. The van der Waals surface area contributed by atoms with Gasteiger partial charge in [0.1, 0.15) is 23.7 Å². The van der Waals surface area contributed by atoms with Crippen molar-refractivity contribution in [3.05, 3.63) is 72.1 Å². The highest BCUT2D eigenvalue weighted by molar-refractivity contribution is 5.87. The maximum absolute atomic E-state index is 4.83. The molecule has 2 N–H and O–H groups in total. The molecule has 184 valence electrons. The van der Waals surface area contributed by atoms with Gasteiger partial charge in [-0.25, -0.2) is 29.4 Å². The zero-order valence-electron chi connectivity index (χ0n) is 20.1. The zero-order valence-corrected chi connectivity index (χ0v) is 20.9. The van der Waals surface area contributed by atoms with Gasteiger partial charge >= 0.3 is 0 Å². The van der Waals surface area contributed by atoms with Gasteiger partial charge in [-0.1, -0.05) is 6.07 Å². The fourth-order valence-electron chi connectivity index (χ4n) is 4.50. The molecule has 1 saturated heterocycles. The Morgan fingerprint density at radius 2 is 2.00 bits per heavy atom. The third-order valence-electron chi connectivity index (χ3n) is 6.36. The minimum atomic E-state index is 0. The lowest BCUT2D eigenvalue weighted by molar-refractivity contribution is 0.480. The van der Waals surface area contributed by atoms with Gasteiger partial charge in [-0.15, -0.1) is 12.4 Å². The van der Waals surface area contributed by atoms with E-state index in [1.807, 2.05) is 6.20 Å². The van der Waals surface area contributed by atoms with E-state index >= 15 is 0 Å². The molecule has 0 saturated carbocycles. The highest BCUT2D eigenvalue weighted by atomic mass is 35.5. The number of benzene rings is 1. The molecule has 1 atom stereocenters. The molecule has 6 rings (SSSR count). The van der Waals surface area contributed by atoms with E-state index in [-0.39, 0.29) is 12.4 Å². The van der Waals surface area contributed by atoms with Gasteiger partial charge in [0, 0.05) is 37.6 Å². The lowest BCUT2D eigenvalue weighted by Crippen LogP contribution is -2.49. The number of piperazine rings is 1. The van der Waals surface area contributed by atoms with Gasteiger partial charge in [0.2, 0.25) is 5.95 Å². The third kappa shape index (κ3) is 4.77. The van der Waals surface area contributed by atoms with Crippen LogP contribution < -0.4 is 15.5 Å². The number of pyridine rings is 1. The highest BCUT2D eigenvalue weighted by Gasteiger charge is 2.19. The van der Waals surface area contributed by atoms with E-state index in [0.717, 1.165) is 37.4 Å². The zero-order chi connectivity index (χ0) is 23.8. The monoisotopic (exact) mass is 502 g/mol. The van der Waals surface area contributed by atoms with Crippen molar-refractivity contribution >= 4 is 46.5 Å². The molecule has 10 nitrogen and oxygen atoms in total. The van der Waals surface area contributed by atoms with E-state index in [1.165, 1.54) is 16.7 Å². The van der Waals surface area contributed by atoms with E-state index in [0.29, 0.717) is 28.8 Å². The van der Waals surface area contributed by atoms with Crippen LogP contribution >= 0.6 is 12.4 Å². The molecular formula is C25H27ClN10. The van der Waals surface area contributed by atoms with Crippen LogP contribution in [0.25, 0.3) is 16.7 Å². The molecule has 0 spiro atoms. The number of rotatable bonds is 5. The first kappa shape index (κ1) is 23.8. The molecule has 36 heavy (non-hydrogen) atoms. The van der Waals surface area contributed by atoms with E-state index in [4.69, 9.17) is 4.98 Å². The number of aryl methyl sites for hydroxylation is 1. The number of anilines is 3. The van der Waals surface area contributed by atoms with Gasteiger partial charge in [-0.2, -0.15) is 5.10 Å². The minimum absolute atomic E-state index is 0. The molecule has 4 aromatic heterocycles. The van der Waals surface area contributed by atoms with Crippen LogP contribution in [-0.4, -0.2) is 60.2 Å². The number of aromatic nitrogens is 7. The Balaban J connectivity index is 0.00000267. The first-order chi connectivity index (χ1) is 17.1. The molecule has 5 aromatic rings. The molecule has 1 unspecified atom stereocenters. The van der Waals surface area contributed by atoms with Crippen molar-refractivity contribution in [2.45, 2.75) is 26.3 Å². The average Bonchev–Trinajstić information content (AvgIpc) is 3.34. The predicted octanol–water partition coefficient (Wildman–Crippen LogP) is 3.33. The predicted molar refractivity (Wildman–Crippen MR) is 142 cm³/mol. The van der Waals surface area contributed by atoms with Crippen molar-refractivity contribution < 1.29 is 0 Å². The summed E-state index contributed by atoms with van der Waals surface area (Å²) in [7, 11) is 0. The smallest absolute Gasteiger partial charge is 0.226 e. The van der Waals surface area contributed by atoms with Crippen LogP contribution in [0, 0.1) is 6.92 Å². The number of fused-ring (bicyclic) bond motifs is 2. The summed E-state index contributed by atoms with van der Waals surface area (Å²) in [6.45, 7) is 6.95. The van der Waals surface area contributed by atoms with Gasteiger partial charge < -0.3 is 15.5 Å². The largest absolute Gasteiger partial charge is 0.338 e. The summed E-state index contributed by atoms with van der Waals surface area (Å²) in [5.41, 5.74) is 6.88. The van der Waals surface area contributed by atoms with Gasteiger partial charge in [-0.05, 0) is 61.2 Å². The van der Waals surface area contributed by atoms with Crippen LogP contribution in [-0.2, 0) is 6.42 Å². The van der Waals surface area contributed by atoms with Crippen molar-refractivity contribution in [3.8, 4) is 0 Å². The fourth-order valence-corrected chi connectivity index (χ4v) is 4.50. The van der Waals surface area contributed by atoms with E-state index in [1.54, 1.807) is 23.4 Å². The van der Waals surface area contributed by atoms with Crippen LogP contribution in [0.15, 0.2) is 55.4 Å². The summed E-state index contributed by atoms with van der Waals surface area (Å²) in [5, 5.41) is 11.1. The summed E-state index contributed by atoms with van der Waals surface area (Å²) in [5.74, 6) is 1.38. The first-order valence-corrected chi connectivity index (χ1v) is 11.7. The number of nitrogens with one attached hydrogen (secondary N) is 2. The Hall–Kier alpha value is -3.89. The number of hydrogen-bond donors (Lipinski definition) is 2. The molecule has 11 heteroatoms. The van der Waals surface area contributed by atoms with Crippen LogP contribution in [0.2, 0.25) is 0 Å². The molecule has 5 heterocycles. The highest BCUT2D eigenvalue weighted by Crippen LogP contribution is 2.25. The standard InChI is InChI=1S/C25H26N10.ClH/c1-16-9-20(4-3-19(16)10-18-5-7-35-22(11-18)29-15-31-35)32-24-23-21(28-14-30-24)12-27-25(33-23)34-8-6-26-17(2)13-34;/h3-5,7,9,11-12,14-15,17,26H,6,8,10,13H2,1-2H3,(H,28,30,32);1H. The second-order valence-electron chi connectivity index (χ2n) is 8.97. The van der Waals surface area contributed by atoms with E-state index < -0.39 is 0 Å². The second-order valence-corrected chi connectivity index (χ2v) is 8.97. The quantitative estimate of drug-likeness (QED) is 0.374. The lowest BCUT2D eigenvalue weighted by atomic mass is 10.0. The second kappa shape index (κ2) is 10.00. The summed E-state index contributed by atoms with van der Waals surface area (Å²) in [6, 6.07) is 10.9. The van der Waals surface area contributed by atoms with E-state index in [9.17, 15) is 0 Å². The maximum atomic E-state index is 4.83. The summed E-state index contributed by atoms with van der Waals surface area (Å²) < 4.78 is 1.77. The Labute approximate surface area is 214 Å². The van der Waals surface area contributed by atoms with Crippen molar-refractivity contribution in [1.29, 1.82) is 0 Å². The van der Waals surface area contributed by atoms with Crippen molar-refractivity contribution in [2.24, 2.45) is 0 Å². The van der Waals surface area contributed by atoms with E-state index in [2.05, 4.69) is 84.7 Å². The van der Waals surface area contributed by atoms with Gasteiger partial charge in [0.05, 0.1) is 6.20 Å². The normalized spacial score (nSPS) is 15.7. The Morgan fingerprint density at radius 3 is 2.86 bits per heavy atom. The maximum Gasteiger partial charge on any atom is 0.226 e. The van der Waals surface area contributed by atoms with Crippen molar-refractivity contribution in [2.75, 3.05) is 29.9 Å². The van der Waals surface area contributed by atoms with Gasteiger partial charge in [-0.3, -0.25) is 0 Å². The van der Waals surface area contributed by atoms with Gasteiger partial charge in [0.25, 0.3) is 0 Å².